The summed E-state index contributed by atoms with van der Waals surface area (Å²) in [4.78, 5) is 11.9. The van der Waals surface area contributed by atoms with Gasteiger partial charge < -0.3 is 4.57 Å². The molecule has 2 rings (SSSR count). The van der Waals surface area contributed by atoms with Gasteiger partial charge in [0.25, 0.3) is 5.56 Å². The number of aromatic nitrogens is 1. The molecule has 0 atom stereocenters. The molecule has 0 bridgehead atoms. The SMILES string of the molecule is Cc1ccc(C#N)c(=O)n1Cc1ccc(F)cc1F. The second-order valence-electron chi connectivity index (χ2n) is 4.13. The third-order valence-corrected chi connectivity index (χ3v) is 2.86. The lowest BCUT2D eigenvalue weighted by Crippen LogP contribution is -2.25. The maximum Gasteiger partial charge on any atom is 0.268 e. The number of hydrogen-bond acceptors (Lipinski definition) is 2. The zero-order chi connectivity index (χ0) is 14.0. The molecule has 0 spiro atoms. The van der Waals surface area contributed by atoms with Crippen LogP contribution >= 0.6 is 0 Å². The summed E-state index contributed by atoms with van der Waals surface area (Å²) in [5.41, 5.74) is 0.314. The molecule has 0 saturated heterocycles. The van der Waals surface area contributed by atoms with Gasteiger partial charge in [-0.15, -0.1) is 0 Å². The van der Waals surface area contributed by atoms with Crippen molar-refractivity contribution in [2.75, 3.05) is 0 Å². The van der Waals surface area contributed by atoms with Crippen LogP contribution in [0.15, 0.2) is 35.1 Å². The van der Waals surface area contributed by atoms with Gasteiger partial charge >= 0.3 is 0 Å². The summed E-state index contributed by atoms with van der Waals surface area (Å²) in [6, 6.07) is 8.01. The number of hydrogen-bond donors (Lipinski definition) is 0. The highest BCUT2D eigenvalue weighted by Gasteiger charge is 2.09. The van der Waals surface area contributed by atoms with Gasteiger partial charge in [0, 0.05) is 17.3 Å². The smallest absolute Gasteiger partial charge is 0.268 e. The van der Waals surface area contributed by atoms with E-state index in [2.05, 4.69) is 0 Å². The number of pyridine rings is 1. The molecule has 1 aromatic heterocycles. The van der Waals surface area contributed by atoms with E-state index in [9.17, 15) is 13.6 Å². The number of aryl methyl sites for hydroxylation is 1. The highest BCUT2D eigenvalue weighted by Crippen LogP contribution is 2.11. The fraction of sp³-hybridized carbons (Fsp3) is 0.143. The first-order valence-corrected chi connectivity index (χ1v) is 5.57. The Kier molecular flexibility index (Phi) is 3.43. The molecule has 0 fully saturated rings. The minimum Gasteiger partial charge on any atom is -0.307 e. The highest BCUT2D eigenvalue weighted by molar-refractivity contribution is 5.28. The van der Waals surface area contributed by atoms with E-state index in [0.717, 1.165) is 12.1 Å². The standard InChI is InChI=1S/C14H10F2N2O/c1-9-2-3-10(7-17)14(19)18(9)8-11-4-5-12(15)6-13(11)16/h2-6H,8H2,1H3. The first-order chi connectivity index (χ1) is 9.02. The Labute approximate surface area is 108 Å². The summed E-state index contributed by atoms with van der Waals surface area (Å²) in [6.45, 7) is 1.65. The number of nitriles is 1. The van der Waals surface area contributed by atoms with Crippen molar-refractivity contribution in [1.29, 1.82) is 5.26 Å². The van der Waals surface area contributed by atoms with E-state index in [1.165, 1.54) is 16.7 Å². The van der Waals surface area contributed by atoms with Gasteiger partial charge in [0.15, 0.2) is 0 Å². The minimum absolute atomic E-state index is 0.00637. The van der Waals surface area contributed by atoms with Crippen LogP contribution in [0, 0.1) is 29.9 Å². The Morgan fingerprint density at radius 2 is 2.00 bits per heavy atom. The second-order valence-corrected chi connectivity index (χ2v) is 4.13. The van der Waals surface area contributed by atoms with E-state index < -0.39 is 17.2 Å². The Balaban J connectivity index is 2.50. The Morgan fingerprint density at radius 3 is 2.63 bits per heavy atom. The van der Waals surface area contributed by atoms with Crippen LogP contribution in [-0.2, 0) is 6.54 Å². The fourth-order valence-electron chi connectivity index (χ4n) is 1.77. The molecule has 0 saturated carbocycles. The summed E-state index contributed by atoms with van der Waals surface area (Å²) in [5, 5.41) is 8.80. The van der Waals surface area contributed by atoms with E-state index in [4.69, 9.17) is 5.26 Å². The van der Waals surface area contributed by atoms with Crippen molar-refractivity contribution in [3.8, 4) is 6.07 Å². The van der Waals surface area contributed by atoms with Crippen LogP contribution in [0.2, 0.25) is 0 Å². The molecule has 0 aliphatic rings. The van der Waals surface area contributed by atoms with Gasteiger partial charge in [-0.05, 0) is 25.1 Å². The number of nitrogens with zero attached hydrogens (tertiary/aromatic N) is 2. The van der Waals surface area contributed by atoms with Crippen LogP contribution in [-0.4, -0.2) is 4.57 Å². The molecule has 3 nitrogen and oxygen atoms in total. The van der Waals surface area contributed by atoms with E-state index >= 15 is 0 Å². The first kappa shape index (κ1) is 13.0. The average Bonchev–Trinajstić information content (AvgIpc) is 2.37. The summed E-state index contributed by atoms with van der Waals surface area (Å²) in [5.74, 6) is -1.38. The fourth-order valence-corrected chi connectivity index (χ4v) is 1.77. The summed E-state index contributed by atoms with van der Waals surface area (Å²) >= 11 is 0. The molecular formula is C14H10F2N2O. The lowest BCUT2D eigenvalue weighted by Gasteiger charge is -2.10. The van der Waals surface area contributed by atoms with Gasteiger partial charge in [-0.2, -0.15) is 5.26 Å². The maximum absolute atomic E-state index is 13.6. The molecule has 0 unspecified atom stereocenters. The zero-order valence-corrected chi connectivity index (χ0v) is 10.2. The molecule has 19 heavy (non-hydrogen) atoms. The van der Waals surface area contributed by atoms with Crippen LogP contribution in [0.1, 0.15) is 16.8 Å². The molecule has 1 heterocycles. The lowest BCUT2D eigenvalue weighted by molar-refractivity contribution is 0.563. The van der Waals surface area contributed by atoms with Crippen LogP contribution in [0.25, 0.3) is 0 Å². The molecule has 0 N–H and O–H groups in total. The second kappa shape index (κ2) is 5.02. The van der Waals surface area contributed by atoms with Gasteiger partial charge in [0.05, 0.1) is 6.54 Å². The maximum atomic E-state index is 13.6. The molecule has 1 aromatic carbocycles. The Hall–Kier alpha value is -2.48. The Bertz CT molecular complexity index is 729. The quantitative estimate of drug-likeness (QED) is 0.832. The van der Waals surface area contributed by atoms with Crippen molar-refractivity contribution in [2.45, 2.75) is 13.5 Å². The monoisotopic (exact) mass is 260 g/mol. The van der Waals surface area contributed by atoms with Crippen LogP contribution in [0.3, 0.4) is 0 Å². The molecule has 0 aliphatic carbocycles. The zero-order valence-electron chi connectivity index (χ0n) is 10.2. The summed E-state index contributed by atoms with van der Waals surface area (Å²) in [6.07, 6.45) is 0. The van der Waals surface area contributed by atoms with Crippen molar-refractivity contribution in [3.63, 3.8) is 0 Å². The van der Waals surface area contributed by atoms with Crippen LogP contribution in [0.4, 0.5) is 8.78 Å². The third-order valence-electron chi connectivity index (χ3n) is 2.86. The topological polar surface area (TPSA) is 45.8 Å². The van der Waals surface area contributed by atoms with Crippen molar-refractivity contribution in [1.82, 2.24) is 4.57 Å². The minimum atomic E-state index is -0.714. The summed E-state index contributed by atoms with van der Waals surface area (Å²) in [7, 11) is 0. The van der Waals surface area contributed by atoms with Crippen LogP contribution in [0.5, 0.6) is 0 Å². The van der Waals surface area contributed by atoms with E-state index in [1.54, 1.807) is 19.1 Å². The molecule has 0 amide bonds. The average molecular weight is 260 g/mol. The summed E-state index contributed by atoms with van der Waals surface area (Å²) < 4.78 is 27.7. The molecular weight excluding hydrogens is 250 g/mol. The third kappa shape index (κ3) is 2.52. The van der Waals surface area contributed by atoms with Crippen molar-refractivity contribution >= 4 is 0 Å². The predicted octanol–water partition coefficient (Wildman–Crippen LogP) is 2.35. The van der Waals surface area contributed by atoms with Gasteiger partial charge in [0.1, 0.15) is 23.3 Å². The molecule has 0 radical (unpaired) electrons. The van der Waals surface area contributed by atoms with E-state index in [-0.39, 0.29) is 17.7 Å². The van der Waals surface area contributed by atoms with Crippen molar-refractivity contribution in [2.24, 2.45) is 0 Å². The van der Waals surface area contributed by atoms with Gasteiger partial charge in [-0.25, -0.2) is 8.78 Å². The molecule has 0 aliphatic heterocycles. The lowest BCUT2D eigenvalue weighted by atomic mass is 10.2. The molecule has 2 aromatic rings. The predicted molar refractivity (Wildman–Crippen MR) is 65.6 cm³/mol. The highest BCUT2D eigenvalue weighted by atomic mass is 19.1. The number of benzene rings is 1. The van der Waals surface area contributed by atoms with Crippen molar-refractivity contribution < 1.29 is 8.78 Å². The Morgan fingerprint density at radius 1 is 1.26 bits per heavy atom. The molecule has 96 valence electrons. The number of rotatable bonds is 2. The van der Waals surface area contributed by atoms with Crippen molar-refractivity contribution in [3.05, 3.63) is 69.1 Å². The largest absolute Gasteiger partial charge is 0.307 e. The number of halogens is 2. The van der Waals surface area contributed by atoms with E-state index in [0.29, 0.717) is 5.69 Å². The first-order valence-electron chi connectivity index (χ1n) is 5.57. The van der Waals surface area contributed by atoms with Gasteiger partial charge in [0.2, 0.25) is 0 Å². The normalized spacial score (nSPS) is 10.2. The molecule has 5 heteroatoms. The van der Waals surface area contributed by atoms with E-state index in [1.807, 2.05) is 0 Å². The van der Waals surface area contributed by atoms with Gasteiger partial charge in [-0.3, -0.25) is 4.79 Å². The van der Waals surface area contributed by atoms with Gasteiger partial charge in [-0.1, -0.05) is 6.07 Å². The van der Waals surface area contributed by atoms with Crippen LogP contribution < -0.4 is 5.56 Å².